The highest BCUT2D eigenvalue weighted by atomic mass is 35.5. The summed E-state index contributed by atoms with van der Waals surface area (Å²) in [6.45, 7) is 1.60. The fourth-order valence-corrected chi connectivity index (χ4v) is 3.22. The monoisotopic (exact) mass is 340 g/mol. The van der Waals surface area contributed by atoms with Gasteiger partial charge in [0.25, 0.3) is 0 Å². The van der Waals surface area contributed by atoms with Gasteiger partial charge in [0, 0.05) is 30.3 Å². The Morgan fingerprint density at radius 1 is 1.30 bits per heavy atom. The fourth-order valence-electron chi connectivity index (χ4n) is 1.79. The third kappa shape index (κ3) is 3.93. The molecule has 1 aliphatic heterocycles. The summed E-state index contributed by atoms with van der Waals surface area (Å²) in [5, 5.41) is 2.97. The third-order valence-corrected chi connectivity index (χ3v) is 4.45. The van der Waals surface area contributed by atoms with Crippen LogP contribution in [0.4, 0.5) is 18.9 Å². The molecule has 0 atom stereocenters. The van der Waals surface area contributed by atoms with Gasteiger partial charge < -0.3 is 10.2 Å². The van der Waals surface area contributed by atoms with Gasteiger partial charge in [-0.1, -0.05) is 11.6 Å². The molecule has 0 saturated carbocycles. The van der Waals surface area contributed by atoms with Crippen LogP contribution in [-0.2, 0) is 6.18 Å². The van der Waals surface area contributed by atoms with E-state index in [0.29, 0.717) is 10.8 Å². The molecule has 8 heteroatoms. The standard InChI is InChI=1S/C12H12ClF3N2S2/c13-10-2-1-8(7-9(10)12(14,15)16)17-11(19)18-3-5-20-6-4-18/h1-2,7H,3-6H2,(H,17,19). The molecule has 1 fully saturated rings. The van der Waals surface area contributed by atoms with Gasteiger partial charge in [0.15, 0.2) is 5.11 Å². The number of nitrogens with zero attached hydrogens (tertiary/aromatic N) is 1. The molecule has 0 bridgehead atoms. The average molecular weight is 341 g/mol. The van der Waals surface area contributed by atoms with E-state index in [4.69, 9.17) is 23.8 Å². The maximum Gasteiger partial charge on any atom is 0.417 e. The van der Waals surface area contributed by atoms with E-state index >= 15 is 0 Å². The molecule has 1 aliphatic rings. The van der Waals surface area contributed by atoms with Gasteiger partial charge in [-0.25, -0.2) is 0 Å². The number of halogens is 4. The van der Waals surface area contributed by atoms with E-state index in [-0.39, 0.29) is 5.02 Å². The summed E-state index contributed by atoms with van der Waals surface area (Å²) >= 11 is 12.6. The van der Waals surface area contributed by atoms with Gasteiger partial charge in [-0.15, -0.1) is 0 Å². The molecule has 1 aromatic carbocycles. The predicted molar refractivity (Wildman–Crippen MR) is 81.6 cm³/mol. The Morgan fingerprint density at radius 2 is 1.95 bits per heavy atom. The van der Waals surface area contributed by atoms with Crippen molar-refractivity contribution in [1.29, 1.82) is 0 Å². The minimum absolute atomic E-state index is 0.296. The summed E-state index contributed by atoms with van der Waals surface area (Å²) in [5.41, 5.74) is -0.564. The lowest BCUT2D eigenvalue weighted by Gasteiger charge is -2.29. The number of thioether (sulfide) groups is 1. The first-order valence-corrected chi connectivity index (χ1v) is 7.82. The van der Waals surface area contributed by atoms with Crippen molar-refractivity contribution in [3.63, 3.8) is 0 Å². The van der Waals surface area contributed by atoms with Crippen molar-refractivity contribution in [2.45, 2.75) is 6.18 Å². The van der Waals surface area contributed by atoms with Gasteiger partial charge in [0.2, 0.25) is 0 Å². The lowest BCUT2D eigenvalue weighted by atomic mass is 10.2. The first-order chi connectivity index (χ1) is 9.38. The number of hydrogen-bond acceptors (Lipinski definition) is 2. The smallest absolute Gasteiger partial charge is 0.347 e. The minimum atomic E-state index is -4.47. The van der Waals surface area contributed by atoms with Crippen LogP contribution in [0.3, 0.4) is 0 Å². The molecule has 20 heavy (non-hydrogen) atoms. The van der Waals surface area contributed by atoms with Crippen molar-refractivity contribution in [3.05, 3.63) is 28.8 Å². The zero-order valence-corrected chi connectivity index (χ0v) is 12.7. The lowest BCUT2D eigenvalue weighted by Crippen LogP contribution is -2.40. The van der Waals surface area contributed by atoms with Crippen LogP contribution in [0.2, 0.25) is 5.02 Å². The van der Waals surface area contributed by atoms with Crippen molar-refractivity contribution in [2.24, 2.45) is 0 Å². The fraction of sp³-hybridized carbons (Fsp3) is 0.417. The molecule has 0 radical (unpaired) electrons. The summed E-state index contributed by atoms with van der Waals surface area (Å²) in [7, 11) is 0. The number of nitrogens with one attached hydrogen (secondary N) is 1. The second-order valence-electron chi connectivity index (χ2n) is 4.22. The quantitative estimate of drug-likeness (QED) is 0.774. The molecule has 0 amide bonds. The van der Waals surface area contributed by atoms with Gasteiger partial charge in [-0.3, -0.25) is 0 Å². The van der Waals surface area contributed by atoms with E-state index in [1.165, 1.54) is 12.1 Å². The first kappa shape index (κ1) is 15.7. The van der Waals surface area contributed by atoms with Crippen molar-refractivity contribution < 1.29 is 13.2 Å². The summed E-state index contributed by atoms with van der Waals surface area (Å²) < 4.78 is 38.3. The Labute approximate surface area is 129 Å². The maximum absolute atomic E-state index is 12.8. The zero-order valence-electron chi connectivity index (χ0n) is 10.3. The first-order valence-electron chi connectivity index (χ1n) is 5.88. The topological polar surface area (TPSA) is 15.3 Å². The highest BCUT2D eigenvalue weighted by Crippen LogP contribution is 2.36. The molecule has 1 N–H and O–H groups in total. The van der Waals surface area contributed by atoms with E-state index in [1.54, 1.807) is 0 Å². The summed E-state index contributed by atoms with van der Waals surface area (Å²) in [5.74, 6) is 1.94. The predicted octanol–water partition coefficient (Wildman–Crippen LogP) is 4.10. The largest absolute Gasteiger partial charge is 0.417 e. The molecule has 110 valence electrons. The van der Waals surface area contributed by atoms with E-state index < -0.39 is 11.7 Å². The highest BCUT2D eigenvalue weighted by molar-refractivity contribution is 7.99. The van der Waals surface area contributed by atoms with Gasteiger partial charge in [0.1, 0.15) is 0 Å². The van der Waals surface area contributed by atoms with Gasteiger partial charge >= 0.3 is 6.18 Å². The Morgan fingerprint density at radius 3 is 2.55 bits per heavy atom. The Kier molecular flexibility index (Phi) is 5.04. The van der Waals surface area contributed by atoms with Crippen LogP contribution >= 0.6 is 35.6 Å². The Hall–Kier alpha value is -0.660. The molecule has 2 nitrogen and oxygen atoms in total. The number of benzene rings is 1. The third-order valence-electron chi connectivity index (χ3n) is 2.82. The Bertz CT molecular complexity index is 502. The van der Waals surface area contributed by atoms with Crippen LogP contribution in [0.5, 0.6) is 0 Å². The van der Waals surface area contributed by atoms with Crippen molar-refractivity contribution >= 4 is 46.4 Å². The zero-order chi connectivity index (χ0) is 14.8. The molecule has 0 unspecified atom stereocenters. The van der Waals surface area contributed by atoms with Crippen molar-refractivity contribution in [1.82, 2.24) is 4.90 Å². The van der Waals surface area contributed by atoms with E-state index in [2.05, 4.69) is 5.32 Å². The van der Waals surface area contributed by atoms with Gasteiger partial charge in [-0.05, 0) is 30.4 Å². The molecule has 0 aromatic heterocycles. The van der Waals surface area contributed by atoms with Crippen LogP contribution in [0, 0.1) is 0 Å². The van der Waals surface area contributed by atoms with Gasteiger partial charge in [-0.2, -0.15) is 24.9 Å². The minimum Gasteiger partial charge on any atom is -0.347 e. The van der Waals surface area contributed by atoms with Crippen LogP contribution in [0.1, 0.15) is 5.56 Å². The normalized spacial score (nSPS) is 16.1. The van der Waals surface area contributed by atoms with Crippen LogP contribution < -0.4 is 5.32 Å². The summed E-state index contributed by atoms with van der Waals surface area (Å²) in [4.78, 5) is 1.95. The van der Waals surface area contributed by atoms with E-state index in [9.17, 15) is 13.2 Å². The SMILES string of the molecule is FC(F)(F)c1cc(NC(=S)N2CCSCC2)ccc1Cl. The van der Waals surface area contributed by atoms with Crippen LogP contribution in [0.15, 0.2) is 18.2 Å². The van der Waals surface area contributed by atoms with E-state index in [0.717, 1.165) is 30.7 Å². The molecule has 2 rings (SSSR count). The highest BCUT2D eigenvalue weighted by Gasteiger charge is 2.33. The maximum atomic E-state index is 12.8. The molecular weight excluding hydrogens is 329 g/mol. The number of anilines is 1. The molecule has 0 aliphatic carbocycles. The number of alkyl halides is 3. The molecule has 1 heterocycles. The number of thiocarbonyl (C=S) groups is 1. The number of hydrogen-bond donors (Lipinski definition) is 1. The van der Waals surface area contributed by atoms with Crippen LogP contribution in [0.25, 0.3) is 0 Å². The molecule has 0 spiro atoms. The van der Waals surface area contributed by atoms with Crippen LogP contribution in [-0.4, -0.2) is 34.6 Å². The second kappa shape index (κ2) is 6.41. The second-order valence-corrected chi connectivity index (χ2v) is 6.24. The Balaban J connectivity index is 2.11. The van der Waals surface area contributed by atoms with E-state index in [1.807, 2.05) is 16.7 Å². The lowest BCUT2D eigenvalue weighted by molar-refractivity contribution is -0.137. The van der Waals surface area contributed by atoms with Gasteiger partial charge in [0.05, 0.1) is 10.6 Å². The average Bonchev–Trinajstić information content (AvgIpc) is 2.40. The molecule has 1 saturated heterocycles. The molecule has 1 aromatic rings. The number of rotatable bonds is 1. The van der Waals surface area contributed by atoms with Crippen molar-refractivity contribution in [3.8, 4) is 0 Å². The molecular formula is C12H12ClF3N2S2. The summed E-state index contributed by atoms with van der Waals surface area (Å²) in [6.07, 6.45) is -4.47. The van der Waals surface area contributed by atoms with Crippen molar-refractivity contribution in [2.75, 3.05) is 29.9 Å². The summed E-state index contributed by atoms with van der Waals surface area (Å²) in [6, 6.07) is 3.69.